The van der Waals surface area contributed by atoms with E-state index in [4.69, 9.17) is 4.74 Å². The first-order valence-corrected chi connectivity index (χ1v) is 18.0. The molecule has 2 aliphatic rings. The fraction of sp³-hybridized carbons (Fsp3) is 0.529. The van der Waals surface area contributed by atoms with E-state index in [2.05, 4.69) is 40.0 Å². The summed E-state index contributed by atoms with van der Waals surface area (Å²) < 4.78 is 34.3. The molecule has 0 saturated carbocycles. The predicted molar refractivity (Wildman–Crippen MR) is 187 cm³/mol. The van der Waals surface area contributed by atoms with Gasteiger partial charge in [0.2, 0.25) is 10.0 Å². The number of piperazine rings is 1. The number of anilines is 2. The van der Waals surface area contributed by atoms with Gasteiger partial charge in [0, 0.05) is 64.3 Å². The number of urea groups is 1. The maximum absolute atomic E-state index is 13.8. The second kappa shape index (κ2) is 13.4. The molecule has 0 bridgehead atoms. The van der Waals surface area contributed by atoms with Crippen LogP contribution in [0.1, 0.15) is 48.8 Å². The number of carbonyl (C=O) groups is 2. The van der Waals surface area contributed by atoms with E-state index in [-0.39, 0.29) is 28.8 Å². The van der Waals surface area contributed by atoms with Crippen molar-refractivity contribution < 1.29 is 22.7 Å². The molecule has 256 valence electrons. The Morgan fingerprint density at radius 1 is 1.00 bits per heavy atom. The number of ether oxygens (including phenoxy) is 1. The van der Waals surface area contributed by atoms with Gasteiger partial charge < -0.3 is 29.3 Å². The zero-order valence-electron chi connectivity index (χ0n) is 28.9. The third-order valence-corrected chi connectivity index (χ3v) is 9.87. The van der Waals surface area contributed by atoms with Crippen molar-refractivity contribution in [1.82, 2.24) is 24.2 Å². The molecule has 2 saturated heterocycles. The average Bonchev–Trinajstić information content (AvgIpc) is 3.62. The number of nitrogens with one attached hydrogen (secondary N) is 2. The van der Waals surface area contributed by atoms with Gasteiger partial charge in [-0.1, -0.05) is 39.0 Å². The number of benzene rings is 2. The predicted octanol–water partition coefficient (Wildman–Crippen LogP) is 3.98. The van der Waals surface area contributed by atoms with Gasteiger partial charge >= 0.3 is 6.03 Å². The molecule has 0 spiro atoms. The number of amides is 3. The Morgan fingerprint density at radius 2 is 1.68 bits per heavy atom. The molecular formula is C34H49N7O5S. The Morgan fingerprint density at radius 3 is 2.28 bits per heavy atom. The minimum Gasteiger partial charge on any atom is -0.492 e. The number of para-hydroxylation sites is 1. The molecule has 13 heteroatoms. The summed E-state index contributed by atoms with van der Waals surface area (Å²) in [6, 6.07) is 12.1. The van der Waals surface area contributed by atoms with Crippen molar-refractivity contribution in [1.29, 1.82) is 0 Å². The van der Waals surface area contributed by atoms with Crippen molar-refractivity contribution >= 4 is 44.2 Å². The van der Waals surface area contributed by atoms with Crippen molar-refractivity contribution in [2.75, 3.05) is 76.8 Å². The molecule has 3 aromatic rings. The molecule has 0 unspecified atom stereocenters. The van der Waals surface area contributed by atoms with Crippen LogP contribution in [-0.2, 0) is 29.0 Å². The number of nitrogens with zero attached hydrogens (tertiary/aromatic N) is 5. The number of sulfonamides is 1. The van der Waals surface area contributed by atoms with Crippen LogP contribution in [0.2, 0.25) is 0 Å². The summed E-state index contributed by atoms with van der Waals surface area (Å²) in [5.41, 5.74) is 3.68. The SMILES string of the molecule is COc1c(NC(=O)c2cc3cccc(CN4CCN(C(=O)N5CC[C@H](N(C)C)C5)CC4)c3n2C)cc(C(C)(C)C)cc1NS(C)(=O)=O. The molecule has 3 heterocycles. The number of aromatic nitrogens is 1. The molecule has 2 N–H and O–H groups in total. The van der Waals surface area contributed by atoms with Crippen LogP contribution in [0.5, 0.6) is 5.75 Å². The first kappa shape index (κ1) is 34.5. The van der Waals surface area contributed by atoms with E-state index in [0.717, 1.165) is 60.9 Å². The van der Waals surface area contributed by atoms with Crippen LogP contribution in [0.3, 0.4) is 0 Å². The number of aryl methyl sites for hydroxylation is 1. The van der Waals surface area contributed by atoms with E-state index < -0.39 is 10.0 Å². The molecule has 0 aliphatic carbocycles. The molecule has 3 amide bonds. The maximum atomic E-state index is 13.8. The first-order chi connectivity index (χ1) is 22.1. The lowest BCUT2D eigenvalue weighted by Gasteiger charge is -2.37. The van der Waals surface area contributed by atoms with Crippen molar-refractivity contribution in [3.05, 3.63) is 53.2 Å². The fourth-order valence-corrected chi connectivity index (χ4v) is 7.11. The maximum Gasteiger partial charge on any atom is 0.320 e. The molecule has 1 aromatic heterocycles. The molecule has 47 heavy (non-hydrogen) atoms. The largest absolute Gasteiger partial charge is 0.492 e. The van der Waals surface area contributed by atoms with Crippen molar-refractivity contribution in [3.8, 4) is 5.75 Å². The summed E-state index contributed by atoms with van der Waals surface area (Å²) in [6.07, 6.45) is 2.09. The van der Waals surface area contributed by atoms with E-state index in [1.54, 1.807) is 6.07 Å². The van der Waals surface area contributed by atoms with Crippen LogP contribution < -0.4 is 14.8 Å². The zero-order valence-corrected chi connectivity index (χ0v) is 29.7. The standard InChI is InChI=1S/C34H49N7O5S/c1-34(2,3)25-19-27(31(46-7)28(20-25)36-47(8,44)45)35-32(42)29-18-23-10-9-11-24(30(23)38(29)6)21-39-14-16-40(17-15-39)33(43)41-13-12-26(22-41)37(4)5/h9-11,18-20,26,36H,12-17,21-22H2,1-8H3,(H,35,42)/t26-/m0/s1. The van der Waals surface area contributed by atoms with Crippen molar-refractivity contribution in [2.45, 2.75) is 45.2 Å². The van der Waals surface area contributed by atoms with Gasteiger partial charge in [0.25, 0.3) is 5.91 Å². The highest BCUT2D eigenvalue weighted by atomic mass is 32.2. The molecule has 2 fully saturated rings. The highest BCUT2D eigenvalue weighted by molar-refractivity contribution is 7.92. The monoisotopic (exact) mass is 667 g/mol. The summed E-state index contributed by atoms with van der Waals surface area (Å²) in [5.74, 6) is -0.106. The van der Waals surface area contributed by atoms with E-state index in [9.17, 15) is 18.0 Å². The van der Waals surface area contributed by atoms with Gasteiger partial charge in [-0.2, -0.15) is 0 Å². The highest BCUT2D eigenvalue weighted by Gasteiger charge is 2.32. The lowest BCUT2D eigenvalue weighted by atomic mass is 9.86. The number of hydrogen-bond donors (Lipinski definition) is 2. The fourth-order valence-electron chi connectivity index (χ4n) is 6.56. The molecular weight excluding hydrogens is 618 g/mol. The first-order valence-electron chi connectivity index (χ1n) is 16.1. The number of hydrogen-bond acceptors (Lipinski definition) is 7. The van der Waals surface area contributed by atoms with Gasteiger partial charge in [0.15, 0.2) is 5.75 Å². The van der Waals surface area contributed by atoms with Gasteiger partial charge in [0.05, 0.1) is 30.3 Å². The van der Waals surface area contributed by atoms with Crippen molar-refractivity contribution in [3.63, 3.8) is 0 Å². The van der Waals surface area contributed by atoms with E-state index in [1.165, 1.54) is 7.11 Å². The van der Waals surface area contributed by atoms with Crippen LogP contribution in [-0.4, -0.2) is 117 Å². The van der Waals surface area contributed by atoms with Crippen LogP contribution in [0.15, 0.2) is 36.4 Å². The quantitative estimate of drug-likeness (QED) is 0.373. The Bertz CT molecular complexity index is 1750. The summed E-state index contributed by atoms with van der Waals surface area (Å²) in [7, 11) is 3.87. The second-order valence-corrected chi connectivity index (χ2v) is 15.8. The summed E-state index contributed by atoms with van der Waals surface area (Å²) in [6.45, 7) is 11.3. The summed E-state index contributed by atoms with van der Waals surface area (Å²) >= 11 is 0. The van der Waals surface area contributed by atoms with Crippen LogP contribution in [0.4, 0.5) is 16.2 Å². The molecule has 5 rings (SSSR count). The topological polar surface area (TPSA) is 119 Å². The molecule has 0 radical (unpaired) electrons. The van der Waals surface area contributed by atoms with Gasteiger partial charge in [-0.15, -0.1) is 0 Å². The van der Waals surface area contributed by atoms with Crippen LogP contribution >= 0.6 is 0 Å². The Hall–Kier alpha value is -3.81. The second-order valence-electron chi connectivity index (χ2n) is 14.0. The van der Waals surface area contributed by atoms with E-state index in [0.29, 0.717) is 37.1 Å². The zero-order chi connectivity index (χ0) is 34.3. The number of methoxy groups -OCH3 is 1. The highest BCUT2D eigenvalue weighted by Crippen LogP contribution is 2.39. The van der Waals surface area contributed by atoms with Crippen LogP contribution in [0.25, 0.3) is 10.9 Å². The van der Waals surface area contributed by atoms with Gasteiger partial charge in [0.1, 0.15) is 5.69 Å². The van der Waals surface area contributed by atoms with Crippen LogP contribution in [0, 0.1) is 0 Å². The minimum absolute atomic E-state index is 0.137. The Kier molecular flexibility index (Phi) is 9.82. The molecule has 2 aliphatic heterocycles. The molecule has 1 atom stereocenters. The molecule has 2 aromatic carbocycles. The Balaban J connectivity index is 1.33. The molecule has 12 nitrogen and oxygen atoms in total. The minimum atomic E-state index is -3.60. The van der Waals surface area contributed by atoms with Gasteiger partial charge in [-0.05, 0) is 55.3 Å². The number of likely N-dealkylation sites (tertiary alicyclic amines) is 1. The van der Waals surface area contributed by atoms with E-state index in [1.807, 2.05) is 66.5 Å². The number of likely N-dealkylation sites (N-methyl/N-ethyl adjacent to an activating group) is 1. The van der Waals surface area contributed by atoms with Gasteiger partial charge in [-0.25, -0.2) is 13.2 Å². The third-order valence-electron chi connectivity index (χ3n) is 9.28. The normalized spacial score (nSPS) is 17.9. The van der Waals surface area contributed by atoms with E-state index >= 15 is 0 Å². The summed E-state index contributed by atoms with van der Waals surface area (Å²) in [4.78, 5) is 35.5. The third kappa shape index (κ3) is 7.68. The number of carbonyl (C=O) groups excluding carboxylic acids is 2. The summed E-state index contributed by atoms with van der Waals surface area (Å²) in [5, 5.41) is 3.94. The number of fused-ring (bicyclic) bond motifs is 1. The van der Waals surface area contributed by atoms with Gasteiger partial charge in [-0.3, -0.25) is 14.4 Å². The average molecular weight is 668 g/mol. The van der Waals surface area contributed by atoms with Crippen molar-refractivity contribution in [2.24, 2.45) is 7.05 Å². The number of rotatable bonds is 8. The smallest absolute Gasteiger partial charge is 0.320 e. The lowest BCUT2D eigenvalue weighted by molar-refractivity contribution is 0.101. The lowest BCUT2D eigenvalue weighted by Crippen LogP contribution is -2.52. The Labute approximate surface area is 278 Å².